The fourth-order valence-corrected chi connectivity index (χ4v) is 2.44. The van der Waals surface area contributed by atoms with Gasteiger partial charge in [0.25, 0.3) is 0 Å². The zero-order chi connectivity index (χ0) is 14.9. The van der Waals surface area contributed by atoms with Gasteiger partial charge in [0.05, 0.1) is 5.69 Å². The molecule has 104 valence electrons. The zero-order valence-electron chi connectivity index (χ0n) is 10.9. The van der Waals surface area contributed by atoms with Crippen LogP contribution in [0.2, 0.25) is 5.02 Å². The van der Waals surface area contributed by atoms with Crippen molar-refractivity contribution in [3.05, 3.63) is 44.6 Å². The molecular formula is C13H12BrClN4S. The van der Waals surface area contributed by atoms with Gasteiger partial charge in [0.2, 0.25) is 5.95 Å². The van der Waals surface area contributed by atoms with E-state index >= 15 is 0 Å². The summed E-state index contributed by atoms with van der Waals surface area (Å²) in [6, 6.07) is 5.48. The number of nitrogens with zero attached hydrogens (tertiary/aromatic N) is 2. The van der Waals surface area contributed by atoms with Crippen molar-refractivity contribution in [3.8, 4) is 0 Å². The Morgan fingerprint density at radius 2 is 2.00 bits per heavy atom. The molecule has 1 aromatic carbocycles. The number of hydrogen-bond donors (Lipinski definition) is 2. The third-order valence-corrected chi connectivity index (χ3v) is 3.87. The molecule has 1 heterocycles. The number of benzene rings is 1. The summed E-state index contributed by atoms with van der Waals surface area (Å²) in [7, 11) is 0. The van der Waals surface area contributed by atoms with E-state index in [0.717, 1.165) is 21.4 Å². The fraction of sp³-hybridized carbons (Fsp3) is 0.154. The second-order valence-electron chi connectivity index (χ2n) is 4.29. The van der Waals surface area contributed by atoms with Gasteiger partial charge in [-0.15, -0.1) is 0 Å². The van der Waals surface area contributed by atoms with Crippen molar-refractivity contribution < 1.29 is 0 Å². The SMILES string of the molecule is Cc1cc(C(N)=S)nc(Nc2cc(Cl)c(C)cc2Br)n1. The summed E-state index contributed by atoms with van der Waals surface area (Å²) in [5.41, 5.74) is 8.67. The second-order valence-corrected chi connectivity index (χ2v) is 5.99. The summed E-state index contributed by atoms with van der Waals surface area (Å²) >= 11 is 14.5. The van der Waals surface area contributed by atoms with Crippen molar-refractivity contribution in [1.29, 1.82) is 0 Å². The lowest BCUT2D eigenvalue weighted by Crippen LogP contribution is -2.13. The number of nitrogens with one attached hydrogen (secondary N) is 1. The molecule has 0 aliphatic rings. The Morgan fingerprint density at radius 3 is 2.65 bits per heavy atom. The maximum absolute atomic E-state index is 6.12. The normalized spacial score (nSPS) is 10.4. The molecule has 0 atom stereocenters. The number of hydrogen-bond acceptors (Lipinski definition) is 4. The molecule has 2 rings (SSSR count). The van der Waals surface area contributed by atoms with Gasteiger partial charge in [0.15, 0.2) is 0 Å². The van der Waals surface area contributed by atoms with E-state index in [2.05, 4.69) is 31.2 Å². The van der Waals surface area contributed by atoms with Gasteiger partial charge in [0, 0.05) is 15.2 Å². The topological polar surface area (TPSA) is 63.8 Å². The predicted octanol–water partition coefficient (Wildman–Crippen LogP) is 3.89. The third-order valence-electron chi connectivity index (χ3n) is 2.60. The van der Waals surface area contributed by atoms with Crippen LogP contribution in [0.25, 0.3) is 0 Å². The molecule has 0 bridgehead atoms. The molecule has 0 saturated carbocycles. The molecule has 0 aliphatic carbocycles. The molecule has 0 amide bonds. The number of aromatic nitrogens is 2. The number of aryl methyl sites for hydroxylation is 2. The second kappa shape index (κ2) is 6.03. The van der Waals surface area contributed by atoms with Crippen LogP contribution >= 0.6 is 39.7 Å². The Bertz CT molecular complexity index is 690. The van der Waals surface area contributed by atoms with E-state index in [9.17, 15) is 0 Å². The molecule has 2 aromatic rings. The first-order chi connectivity index (χ1) is 9.36. The number of anilines is 2. The molecule has 0 saturated heterocycles. The highest BCUT2D eigenvalue weighted by Gasteiger charge is 2.08. The van der Waals surface area contributed by atoms with Crippen molar-refractivity contribution in [2.24, 2.45) is 5.73 Å². The lowest BCUT2D eigenvalue weighted by atomic mass is 10.2. The standard InChI is InChI=1S/C13H12BrClN4S/c1-6-3-8(14)10(5-9(6)15)18-13-17-7(2)4-11(19-13)12(16)20/h3-5H,1-2H3,(H2,16,20)(H,17,18,19). The molecule has 4 nitrogen and oxygen atoms in total. The van der Waals surface area contributed by atoms with Crippen LogP contribution in [0.15, 0.2) is 22.7 Å². The van der Waals surface area contributed by atoms with Crippen LogP contribution in [0, 0.1) is 13.8 Å². The van der Waals surface area contributed by atoms with Crippen LogP contribution in [0.5, 0.6) is 0 Å². The summed E-state index contributed by atoms with van der Waals surface area (Å²) in [4.78, 5) is 8.81. The first kappa shape index (κ1) is 15.2. The highest BCUT2D eigenvalue weighted by molar-refractivity contribution is 9.10. The lowest BCUT2D eigenvalue weighted by molar-refractivity contribution is 1.09. The fourth-order valence-electron chi connectivity index (χ4n) is 1.61. The van der Waals surface area contributed by atoms with E-state index in [4.69, 9.17) is 29.6 Å². The van der Waals surface area contributed by atoms with Crippen LogP contribution in [0.4, 0.5) is 11.6 Å². The van der Waals surface area contributed by atoms with Crippen LogP contribution in [-0.2, 0) is 0 Å². The van der Waals surface area contributed by atoms with E-state index in [0.29, 0.717) is 16.7 Å². The van der Waals surface area contributed by atoms with Crippen LogP contribution < -0.4 is 11.1 Å². The Morgan fingerprint density at radius 1 is 1.30 bits per heavy atom. The predicted molar refractivity (Wildman–Crippen MR) is 89.8 cm³/mol. The maximum Gasteiger partial charge on any atom is 0.228 e. The molecule has 3 N–H and O–H groups in total. The van der Waals surface area contributed by atoms with E-state index in [1.165, 1.54) is 0 Å². The first-order valence-corrected chi connectivity index (χ1v) is 7.33. The van der Waals surface area contributed by atoms with Crippen molar-refractivity contribution >= 4 is 56.4 Å². The highest BCUT2D eigenvalue weighted by Crippen LogP contribution is 2.30. The molecule has 0 fully saturated rings. The average molecular weight is 372 g/mol. The number of thiocarbonyl (C=S) groups is 1. The summed E-state index contributed by atoms with van der Waals surface area (Å²) in [5, 5.41) is 3.77. The minimum Gasteiger partial charge on any atom is -0.388 e. The Labute approximate surface area is 135 Å². The van der Waals surface area contributed by atoms with Crippen molar-refractivity contribution in [3.63, 3.8) is 0 Å². The molecule has 0 radical (unpaired) electrons. The number of nitrogens with two attached hydrogens (primary N) is 1. The molecular weight excluding hydrogens is 360 g/mol. The Hall–Kier alpha value is -1.24. The van der Waals surface area contributed by atoms with Gasteiger partial charge in [-0.25, -0.2) is 9.97 Å². The highest BCUT2D eigenvalue weighted by atomic mass is 79.9. The summed E-state index contributed by atoms with van der Waals surface area (Å²) < 4.78 is 0.876. The van der Waals surface area contributed by atoms with Gasteiger partial charge < -0.3 is 11.1 Å². The molecule has 20 heavy (non-hydrogen) atoms. The largest absolute Gasteiger partial charge is 0.388 e. The number of rotatable bonds is 3. The van der Waals surface area contributed by atoms with Gasteiger partial charge in [-0.05, 0) is 53.5 Å². The quantitative estimate of drug-likeness (QED) is 0.801. The third kappa shape index (κ3) is 3.45. The van der Waals surface area contributed by atoms with Crippen LogP contribution in [-0.4, -0.2) is 15.0 Å². The van der Waals surface area contributed by atoms with E-state index in [1.807, 2.05) is 26.0 Å². The van der Waals surface area contributed by atoms with Gasteiger partial charge in [-0.3, -0.25) is 0 Å². The molecule has 1 aromatic heterocycles. The van der Waals surface area contributed by atoms with Crippen molar-refractivity contribution in [1.82, 2.24) is 9.97 Å². The zero-order valence-corrected chi connectivity index (χ0v) is 14.0. The molecule has 0 spiro atoms. The van der Waals surface area contributed by atoms with Crippen LogP contribution in [0.1, 0.15) is 17.0 Å². The Kier molecular flexibility index (Phi) is 4.57. The minimum atomic E-state index is 0.236. The van der Waals surface area contributed by atoms with Crippen molar-refractivity contribution in [2.75, 3.05) is 5.32 Å². The van der Waals surface area contributed by atoms with Gasteiger partial charge in [-0.2, -0.15) is 0 Å². The van der Waals surface area contributed by atoms with E-state index < -0.39 is 0 Å². The van der Waals surface area contributed by atoms with Crippen LogP contribution in [0.3, 0.4) is 0 Å². The maximum atomic E-state index is 6.12. The van der Waals surface area contributed by atoms with E-state index in [-0.39, 0.29) is 4.99 Å². The van der Waals surface area contributed by atoms with E-state index in [1.54, 1.807) is 6.07 Å². The molecule has 0 unspecified atom stereocenters. The van der Waals surface area contributed by atoms with Gasteiger partial charge in [0.1, 0.15) is 10.7 Å². The monoisotopic (exact) mass is 370 g/mol. The smallest absolute Gasteiger partial charge is 0.228 e. The Balaban J connectivity index is 2.40. The summed E-state index contributed by atoms with van der Waals surface area (Å²) in [6.45, 7) is 3.79. The minimum absolute atomic E-state index is 0.236. The molecule has 7 heteroatoms. The average Bonchev–Trinajstić information content (AvgIpc) is 2.35. The summed E-state index contributed by atoms with van der Waals surface area (Å²) in [5.74, 6) is 0.424. The summed E-state index contributed by atoms with van der Waals surface area (Å²) in [6.07, 6.45) is 0. The van der Waals surface area contributed by atoms with Crippen molar-refractivity contribution in [2.45, 2.75) is 13.8 Å². The molecule has 0 aliphatic heterocycles. The first-order valence-electron chi connectivity index (χ1n) is 5.75. The lowest BCUT2D eigenvalue weighted by Gasteiger charge is -2.10. The van der Waals surface area contributed by atoms with Gasteiger partial charge in [-0.1, -0.05) is 23.8 Å². The van der Waals surface area contributed by atoms with Gasteiger partial charge >= 0.3 is 0 Å². The number of halogens is 2.